The van der Waals surface area contributed by atoms with Crippen molar-refractivity contribution in [2.45, 2.75) is 31.1 Å². The molecular weight excluding hydrogens is 246 g/mol. The number of hydrogen-bond donors (Lipinski definition) is 1. The van der Waals surface area contributed by atoms with E-state index in [0.717, 1.165) is 23.9 Å². The standard InChI is InChI=1S/C14H19NO2S/c1-2-11-6-8-15(9-7-11)18-13-5-3-4-12(10-13)14(16)17/h3-5,10-11H,2,6-9H2,1H3,(H,16,17). The summed E-state index contributed by atoms with van der Waals surface area (Å²) in [5, 5.41) is 8.96. The van der Waals surface area contributed by atoms with Gasteiger partial charge in [0.1, 0.15) is 0 Å². The van der Waals surface area contributed by atoms with Gasteiger partial charge >= 0.3 is 5.97 Å². The molecule has 0 saturated carbocycles. The molecule has 1 aliphatic heterocycles. The highest BCUT2D eigenvalue weighted by molar-refractivity contribution is 7.97. The van der Waals surface area contributed by atoms with Gasteiger partial charge in [0.25, 0.3) is 0 Å². The summed E-state index contributed by atoms with van der Waals surface area (Å²) >= 11 is 1.68. The van der Waals surface area contributed by atoms with Crippen LogP contribution in [0.1, 0.15) is 36.5 Å². The van der Waals surface area contributed by atoms with Gasteiger partial charge in [-0.25, -0.2) is 9.10 Å². The average molecular weight is 265 g/mol. The summed E-state index contributed by atoms with van der Waals surface area (Å²) in [5.74, 6) is 0.00865. The predicted octanol–water partition coefficient (Wildman–Crippen LogP) is 3.51. The van der Waals surface area contributed by atoms with Gasteiger partial charge in [-0.15, -0.1) is 0 Å². The molecule has 1 aliphatic rings. The van der Waals surface area contributed by atoms with E-state index in [4.69, 9.17) is 5.11 Å². The van der Waals surface area contributed by atoms with Gasteiger partial charge in [0.15, 0.2) is 0 Å². The Bertz CT molecular complexity index is 414. The van der Waals surface area contributed by atoms with Gasteiger partial charge < -0.3 is 5.11 Å². The Hall–Kier alpha value is -1.00. The lowest BCUT2D eigenvalue weighted by Gasteiger charge is -2.30. The summed E-state index contributed by atoms with van der Waals surface area (Å²) in [6.07, 6.45) is 3.78. The number of carboxylic acids is 1. The minimum atomic E-state index is -0.859. The summed E-state index contributed by atoms with van der Waals surface area (Å²) < 4.78 is 2.34. The van der Waals surface area contributed by atoms with E-state index in [0.29, 0.717) is 5.56 Å². The normalized spacial score (nSPS) is 17.8. The highest BCUT2D eigenvalue weighted by Crippen LogP contribution is 2.29. The van der Waals surface area contributed by atoms with Crippen molar-refractivity contribution in [3.8, 4) is 0 Å². The van der Waals surface area contributed by atoms with Crippen LogP contribution in [0.5, 0.6) is 0 Å². The highest BCUT2D eigenvalue weighted by Gasteiger charge is 2.18. The van der Waals surface area contributed by atoms with Gasteiger partial charge in [-0.3, -0.25) is 0 Å². The lowest BCUT2D eigenvalue weighted by atomic mass is 9.96. The van der Waals surface area contributed by atoms with Gasteiger partial charge in [-0.2, -0.15) is 0 Å². The maximum absolute atomic E-state index is 10.9. The van der Waals surface area contributed by atoms with E-state index >= 15 is 0 Å². The molecule has 18 heavy (non-hydrogen) atoms. The van der Waals surface area contributed by atoms with Crippen molar-refractivity contribution in [1.82, 2.24) is 4.31 Å². The number of carboxylic acid groups (broad SMARTS) is 1. The zero-order chi connectivity index (χ0) is 13.0. The average Bonchev–Trinajstić information content (AvgIpc) is 2.40. The molecule has 1 aromatic carbocycles. The smallest absolute Gasteiger partial charge is 0.335 e. The third-order valence-electron chi connectivity index (χ3n) is 3.47. The van der Waals surface area contributed by atoms with E-state index in [2.05, 4.69) is 11.2 Å². The molecule has 1 aromatic rings. The molecule has 0 amide bonds. The first kappa shape index (κ1) is 13.4. The fourth-order valence-corrected chi connectivity index (χ4v) is 3.25. The molecule has 0 spiro atoms. The molecule has 3 nitrogen and oxygen atoms in total. The first-order valence-electron chi connectivity index (χ1n) is 6.45. The van der Waals surface area contributed by atoms with Crippen molar-refractivity contribution in [3.63, 3.8) is 0 Å². The molecule has 0 atom stereocenters. The number of benzene rings is 1. The van der Waals surface area contributed by atoms with Crippen molar-refractivity contribution in [2.75, 3.05) is 13.1 Å². The third-order valence-corrected chi connectivity index (χ3v) is 4.55. The van der Waals surface area contributed by atoms with E-state index in [1.807, 2.05) is 12.1 Å². The molecule has 0 unspecified atom stereocenters. The lowest BCUT2D eigenvalue weighted by molar-refractivity contribution is 0.0696. The molecule has 1 N–H and O–H groups in total. The highest BCUT2D eigenvalue weighted by atomic mass is 32.2. The first-order valence-corrected chi connectivity index (χ1v) is 7.22. The summed E-state index contributed by atoms with van der Waals surface area (Å²) in [4.78, 5) is 11.9. The van der Waals surface area contributed by atoms with Crippen molar-refractivity contribution < 1.29 is 9.90 Å². The van der Waals surface area contributed by atoms with Crippen molar-refractivity contribution in [2.24, 2.45) is 5.92 Å². The Morgan fingerprint density at radius 1 is 1.44 bits per heavy atom. The van der Waals surface area contributed by atoms with Crippen molar-refractivity contribution in [3.05, 3.63) is 29.8 Å². The number of nitrogens with zero attached hydrogens (tertiary/aromatic N) is 1. The van der Waals surface area contributed by atoms with Crippen LogP contribution in [-0.4, -0.2) is 28.5 Å². The predicted molar refractivity (Wildman–Crippen MR) is 73.8 cm³/mol. The molecule has 1 fully saturated rings. The van der Waals surface area contributed by atoms with Gasteiger partial charge in [-0.1, -0.05) is 19.4 Å². The van der Waals surface area contributed by atoms with Crippen LogP contribution in [0.4, 0.5) is 0 Å². The Balaban J connectivity index is 1.94. The van der Waals surface area contributed by atoms with Gasteiger partial charge in [0.2, 0.25) is 0 Å². The number of piperidine rings is 1. The van der Waals surface area contributed by atoms with Crippen LogP contribution in [-0.2, 0) is 0 Å². The van der Waals surface area contributed by atoms with Crippen LogP contribution in [0.3, 0.4) is 0 Å². The number of hydrogen-bond acceptors (Lipinski definition) is 3. The SMILES string of the molecule is CCC1CCN(Sc2cccc(C(=O)O)c2)CC1. The molecule has 0 bridgehead atoms. The van der Waals surface area contributed by atoms with Crippen LogP contribution >= 0.6 is 11.9 Å². The van der Waals surface area contributed by atoms with Crippen molar-refractivity contribution >= 4 is 17.9 Å². The summed E-state index contributed by atoms with van der Waals surface area (Å²) in [7, 11) is 0. The van der Waals surface area contributed by atoms with E-state index in [1.54, 1.807) is 24.1 Å². The molecule has 0 radical (unpaired) electrons. The Morgan fingerprint density at radius 2 is 2.17 bits per heavy atom. The molecule has 4 heteroatoms. The Kier molecular flexibility index (Phi) is 4.66. The summed E-state index contributed by atoms with van der Waals surface area (Å²) in [6, 6.07) is 7.17. The molecule has 1 saturated heterocycles. The van der Waals surface area contributed by atoms with E-state index in [1.165, 1.54) is 19.3 Å². The summed E-state index contributed by atoms with van der Waals surface area (Å²) in [5.41, 5.74) is 0.364. The van der Waals surface area contributed by atoms with E-state index in [9.17, 15) is 4.79 Å². The van der Waals surface area contributed by atoms with Crippen LogP contribution in [0, 0.1) is 5.92 Å². The monoisotopic (exact) mass is 265 g/mol. The van der Waals surface area contributed by atoms with Crippen LogP contribution in [0.15, 0.2) is 29.2 Å². The van der Waals surface area contributed by atoms with Crippen LogP contribution in [0.2, 0.25) is 0 Å². The number of carbonyl (C=O) groups is 1. The minimum absolute atomic E-state index is 0.364. The molecule has 98 valence electrons. The summed E-state index contributed by atoms with van der Waals surface area (Å²) in [6.45, 7) is 4.45. The van der Waals surface area contributed by atoms with E-state index < -0.39 is 5.97 Å². The fraction of sp³-hybridized carbons (Fsp3) is 0.500. The second-order valence-electron chi connectivity index (χ2n) is 4.70. The van der Waals surface area contributed by atoms with E-state index in [-0.39, 0.29) is 0 Å². The molecule has 1 heterocycles. The Labute approximate surface area is 112 Å². The molecule has 0 aromatic heterocycles. The molecular formula is C14H19NO2S. The Morgan fingerprint density at radius 3 is 2.78 bits per heavy atom. The van der Waals surface area contributed by atoms with Gasteiger partial charge in [0.05, 0.1) is 5.56 Å². The third kappa shape index (κ3) is 3.50. The van der Waals surface area contributed by atoms with Crippen molar-refractivity contribution in [1.29, 1.82) is 0 Å². The topological polar surface area (TPSA) is 40.5 Å². The molecule has 0 aliphatic carbocycles. The largest absolute Gasteiger partial charge is 0.478 e. The van der Waals surface area contributed by atoms with Crippen LogP contribution in [0.25, 0.3) is 0 Å². The number of rotatable bonds is 4. The van der Waals surface area contributed by atoms with Gasteiger partial charge in [0, 0.05) is 18.0 Å². The second-order valence-corrected chi connectivity index (χ2v) is 5.88. The van der Waals surface area contributed by atoms with Gasteiger partial charge in [-0.05, 0) is 48.9 Å². The molecule has 2 rings (SSSR count). The maximum atomic E-state index is 10.9. The van der Waals surface area contributed by atoms with Crippen LogP contribution < -0.4 is 0 Å². The second kappa shape index (κ2) is 6.25. The number of aromatic carboxylic acids is 1. The zero-order valence-electron chi connectivity index (χ0n) is 10.6. The maximum Gasteiger partial charge on any atom is 0.335 e. The minimum Gasteiger partial charge on any atom is -0.478 e. The fourth-order valence-electron chi connectivity index (χ4n) is 2.24. The lowest BCUT2D eigenvalue weighted by Crippen LogP contribution is -2.28. The first-order chi connectivity index (χ1) is 8.69. The quantitative estimate of drug-likeness (QED) is 0.846. The zero-order valence-corrected chi connectivity index (χ0v) is 11.4.